The Hall–Kier alpha value is -3.52. The zero-order chi connectivity index (χ0) is 28.2. The number of nitrogens with zero attached hydrogens (tertiary/aromatic N) is 2. The molecule has 0 saturated carbocycles. The molecule has 6 nitrogen and oxygen atoms in total. The van der Waals surface area contributed by atoms with Gasteiger partial charge in [0, 0.05) is 23.2 Å². The molecule has 1 aliphatic rings. The maximum atomic E-state index is 13.4. The Morgan fingerprint density at radius 2 is 1.75 bits per heavy atom. The first-order valence-electron chi connectivity index (χ1n) is 13.5. The van der Waals surface area contributed by atoms with Crippen LogP contribution in [0, 0.1) is 0 Å². The summed E-state index contributed by atoms with van der Waals surface area (Å²) in [6.07, 6.45) is 1.98. The SMILES string of the molecule is CC(C)c1nc(C(=O)Nc2ccc(Cl)c(CN3CCC(c4ccc(C(=O)O)cc4)CC3)c2)c(-c2ccccc2)s1. The van der Waals surface area contributed by atoms with E-state index in [1.54, 1.807) is 23.5 Å². The van der Waals surface area contributed by atoms with E-state index in [4.69, 9.17) is 21.7 Å². The van der Waals surface area contributed by atoms with E-state index in [-0.39, 0.29) is 11.8 Å². The first-order chi connectivity index (χ1) is 19.3. The number of carboxylic acids is 1. The van der Waals surface area contributed by atoms with Crippen LogP contribution in [0.25, 0.3) is 10.4 Å². The number of halogens is 1. The number of piperidine rings is 1. The van der Waals surface area contributed by atoms with Crippen molar-refractivity contribution in [3.05, 3.63) is 105 Å². The predicted octanol–water partition coefficient (Wildman–Crippen LogP) is 7.92. The van der Waals surface area contributed by atoms with E-state index in [0.717, 1.165) is 46.9 Å². The Labute approximate surface area is 243 Å². The fourth-order valence-electron chi connectivity index (χ4n) is 5.05. The molecular weight excluding hydrogens is 542 g/mol. The lowest BCUT2D eigenvalue weighted by atomic mass is 9.89. The fraction of sp³-hybridized carbons (Fsp3) is 0.281. The number of benzene rings is 3. The summed E-state index contributed by atoms with van der Waals surface area (Å²) in [7, 11) is 0. The number of hydrogen-bond donors (Lipinski definition) is 2. The molecule has 0 bridgehead atoms. The average molecular weight is 574 g/mol. The van der Waals surface area contributed by atoms with E-state index in [1.807, 2.05) is 60.7 Å². The van der Waals surface area contributed by atoms with Crippen molar-refractivity contribution in [3.8, 4) is 10.4 Å². The molecular formula is C32H32ClN3O3S. The molecule has 0 atom stereocenters. The highest BCUT2D eigenvalue weighted by atomic mass is 35.5. The molecule has 5 rings (SSSR count). The molecule has 0 spiro atoms. The topological polar surface area (TPSA) is 82.5 Å². The highest BCUT2D eigenvalue weighted by Crippen LogP contribution is 2.35. The van der Waals surface area contributed by atoms with Crippen molar-refractivity contribution < 1.29 is 14.7 Å². The standard InChI is InChI=1S/C32H32ClN3O3S/c1-20(2)31-35-28(29(40-31)23-6-4-3-5-7-23)30(37)34-26-12-13-27(33)25(18-26)19-36-16-14-22(15-17-36)21-8-10-24(11-9-21)32(38)39/h3-13,18,20,22H,14-17,19H2,1-2H3,(H,34,37)(H,38,39). The van der Waals surface area contributed by atoms with E-state index < -0.39 is 5.97 Å². The zero-order valence-electron chi connectivity index (χ0n) is 22.6. The Morgan fingerprint density at radius 1 is 1.05 bits per heavy atom. The van der Waals surface area contributed by atoms with Gasteiger partial charge in [0.25, 0.3) is 5.91 Å². The van der Waals surface area contributed by atoms with Crippen molar-refractivity contribution in [2.45, 2.75) is 45.1 Å². The summed E-state index contributed by atoms with van der Waals surface area (Å²) in [6, 6.07) is 22.7. The van der Waals surface area contributed by atoms with Crippen LogP contribution in [0.1, 0.15) is 75.5 Å². The molecule has 0 aliphatic carbocycles. The smallest absolute Gasteiger partial charge is 0.335 e. The molecule has 1 aromatic heterocycles. The maximum absolute atomic E-state index is 13.4. The number of aromatic nitrogens is 1. The number of carboxylic acid groups (broad SMARTS) is 1. The van der Waals surface area contributed by atoms with Crippen LogP contribution in [0.15, 0.2) is 72.8 Å². The quantitative estimate of drug-likeness (QED) is 0.224. The summed E-state index contributed by atoms with van der Waals surface area (Å²) in [5, 5.41) is 13.8. The summed E-state index contributed by atoms with van der Waals surface area (Å²) in [5.74, 6) is -0.498. The number of hydrogen-bond acceptors (Lipinski definition) is 5. The van der Waals surface area contributed by atoms with Gasteiger partial charge in [-0.25, -0.2) is 9.78 Å². The predicted molar refractivity (Wildman–Crippen MR) is 162 cm³/mol. The van der Waals surface area contributed by atoms with Gasteiger partial charge in [0.05, 0.1) is 15.4 Å². The number of anilines is 1. The minimum atomic E-state index is -0.903. The van der Waals surface area contributed by atoms with E-state index in [1.165, 1.54) is 5.56 Å². The lowest BCUT2D eigenvalue weighted by Gasteiger charge is -2.32. The van der Waals surface area contributed by atoms with Gasteiger partial charge in [-0.15, -0.1) is 11.3 Å². The van der Waals surface area contributed by atoms with E-state index >= 15 is 0 Å². The molecule has 1 saturated heterocycles. The molecule has 40 heavy (non-hydrogen) atoms. The van der Waals surface area contributed by atoms with Gasteiger partial charge in [0.15, 0.2) is 0 Å². The van der Waals surface area contributed by atoms with Crippen LogP contribution >= 0.6 is 22.9 Å². The van der Waals surface area contributed by atoms with Crippen molar-refractivity contribution in [2.75, 3.05) is 18.4 Å². The average Bonchev–Trinajstić information content (AvgIpc) is 3.42. The maximum Gasteiger partial charge on any atom is 0.335 e. The molecule has 1 fully saturated rings. The number of rotatable bonds is 8. The van der Waals surface area contributed by atoms with Gasteiger partial charge < -0.3 is 10.4 Å². The van der Waals surface area contributed by atoms with Gasteiger partial charge in [-0.3, -0.25) is 9.69 Å². The summed E-state index contributed by atoms with van der Waals surface area (Å²) >= 11 is 8.14. The highest BCUT2D eigenvalue weighted by Gasteiger charge is 2.23. The molecule has 206 valence electrons. The first-order valence-corrected chi connectivity index (χ1v) is 14.7. The molecule has 4 aromatic rings. The van der Waals surface area contributed by atoms with Crippen LogP contribution in [0.3, 0.4) is 0 Å². The van der Waals surface area contributed by atoms with Gasteiger partial charge in [-0.05, 0) is 78.9 Å². The lowest BCUT2D eigenvalue weighted by Crippen LogP contribution is -2.32. The highest BCUT2D eigenvalue weighted by molar-refractivity contribution is 7.15. The van der Waals surface area contributed by atoms with Crippen molar-refractivity contribution in [1.29, 1.82) is 0 Å². The molecule has 1 amide bonds. The first kappa shape index (κ1) is 28.0. The Balaban J connectivity index is 1.26. The summed E-state index contributed by atoms with van der Waals surface area (Å²) in [4.78, 5) is 32.5. The third-order valence-electron chi connectivity index (χ3n) is 7.30. The molecule has 0 radical (unpaired) electrons. The van der Waals surface area contributed by atoms with Crippen molar-refractivity contribution in [2.24, 2.45) is 0 Å². The zero-order valence-corrected chi connectivity index (χ0v) is 24.1. The van der Waals surface area contributed by atoms with Crippen LogP contribution in [0.2, 0.25) is 5.02 Å². The van der Waals surface area contributed by atoms with Gasteiger partial charge in [-0.2, -0.15) is 0 Å². The van der Waals surface area contributed by atoms with Crippen molar-refractivity contribution in [3.63, 3.8) is 0 Å². The monoisotopic (exact) mass is 573 g/mol. The molecule has 2 heterocycles. The van der Waals surface area contributed by atoms with E-state index in [2.05, 4.69) is 24.1 Å². The van der Waals surface area contributed by atoms with Gasteiger partial charge in [-0.1, -0.05) is 67.9 Å². The number of nitrogens with one attached hydrogen (secondary N) is 1. The number of likely N-dealkylation sites (tertiary alicyclic amines) is 1. The summed E-state index contributed by atoms with van der Waals surface area (Å²) in [5.41, 5.74) is 4.58. The lowest BCUT2D eigenvalue weighted by molar-refractivity contribution is 0.0696. The number of carbonyl (C=O) groups excluding carboxylic acids is 1. The number of aromatic carboxylic acids is 1. The van der Waals surface area contributed by atoms with Gasteiger partial charge in [0.1, 0.15) is 5.69 Å². The minimum absolute atomic E-state index is 0.226. The fourth-order valence-corrected chi connectivity index (χ4v) is 6.30. The minimum Gasteiger partial charge on any atom is -0.478 e. The second-order valence-electron chi connectivity index (χ2n) is 10.5. The van der Waals surface area contributed by atoms with Crippen LogP contribution in [0.5, 0.6) is 0 Å². The summed E-state index contributed by atoms with van der Waals surface area (Å²) in [6.45, 7) is 6.68. The van der Waals surface area contributed by atoms with Crippen LogP contribution in [-0.4, -0.2) is 40.0 Å². The van der Waals surface area contributed by atoms with Crippen LogP contribution in [0.4, 0.5) is 5.69 Å². The number of carbonyl (C=O) groups is 2. The second kappa shape index (κ2) is 12.3. The van der Waals surface area contributed by atoms with Crippen molar-refractivity contribution in [1.82, 2.24) is 9.88 Å². The third kappa shape index (κ3) is 6.44. The Kier molecular flexibility index (Phi) is 8.64. The molecule has 3 aromatic carbocycles. The third-order valence-corrected chi connectivity index (χ3v) is 9.08. The molecule has 1 aliphatic heterocycles. The van der Waals surface area contributed by atoms with Crippen LogP contribution in [-0.2, 0) is 6.54 Å². The Bertz CT molecular complexity index is 1490. The van der Waals surface area contributed by atoms with E-state index in [0.29, 0.717) is 34.4 Å². The molecule has 0 unspecified atom stereocenters. The number of thiazole rings is 1. The van der Waals surface area contributed by atoms with Gasteiger partial charge in [0.2, 0.25) is 0 Å². The Morgan fingerprint density at radius 3 is 2.40 bits per heavy atom. The van der Waals surface area contributed by atoms with Gasteiger partial charge >= 0.3 is 5.97 Å². The normalized spacial score (nSPS) is 14.4. The van der Waals surface area contributed by atoms with Crippen LogP contribution < -0.4 is 5.32 Å². The largest absolute Gasteiger partial charge is 0.478 e. The molecule has 8 heteroatoms. The van der Waals surface area contributed by atoms with E-state index in [9.17, 15) is 9.59 Å². The second-order valence-corrected chi connectivity index (χ2v) is 11.9. The van der Waals surface area contributed by atoms with Crippen molar-refractivity contribution >= 4 is 40.5 Å². The number of amides is 1. The summed E-state index contributed by atoms with van der Waals surface area (Å²) < 4.78 is 0. The molecule has 2 N–H and O–H groups in total.